The summed E-state index contributed by atoms with van der Waals surface area (Å²) < 4.78 is 0. The van der Waals surface area contributed by atoms with Crippen LogP contribution in [0.4, 0.5) is 5.69 Å². The molecule has 0 spiro atoms. The molecule has 0 atom stereocenters. The minimum atomic E-state index is -0.436. The Kier molecular flexibility index (Phi) is 2.69. The summed E-state index contributed by atoms with van der Waals surface area (Å²) in [5.74, 6) is 0. The first kappa shape index (κ1) is 9.05. The smallest absolute Gasteiger partial charge is 0.265 e. The highest BCUT2D eigenvalue weighted by molar-refractivity contribution is 7.99. The zero-order valence-electron chi connectivity index (χ0n) is 6.77. The van der Waals surface area contributed by atoms with Gasteiger partial charge in [-0.1, -0.05) is 25.6 Å². The minimum absolute atomic E-state index is 0.0497. The third-order valence-electron chi connectivity index (χ3n) is 1.14. The van der Waals surface area contributed by atoms with E-state index in [0.717, 1.165) is 0 Å². The van der Waals surface area contributed by atoms with Crippen molar-refractivity contribution >= 4 is 17.4 Å². The molecule has 0 saturated carbocycles. The number of nitro groups is 1. The van der Waals surface area contributed by atoms with Gasteiger partial charge in [-0.2, -0.15) is 5.10 Å². The van der Waals surface area contributed by atoms with Gasteiger partial charge in [0.1, 0.15) is 6.20 Å². The third-order valence-corrected chi connectivity index (χ3v) is 2.14. The first-order valence-electron chi connectivity index (χ1n) is 3.45. The van der Waals surface area contributed by atoms with Gasteiger partial charge in [-0.25, -0.2) is 0 Å². The van der Waals surface area contributed by atoms with Crippen LogP contribution in [-0.4, -0.2) is 20.4 Å². The third kappa shape index (κ3) is 1.97. The molecule has 0 unspecified atom stereocenters. The average Bonchev–Trinajstić information content (AvgIpc) is 2.33. The van der Waals surface area contributed by atoms with Gasteiger partial charge in [-0.15, -0.1) is 0 Å². The van der Waals surface area contributed by atoms with Gasteiger partial charge in [-0.3, -0.25) is 15.2 Å². The Morgan fingerprint density at radius 3 is 2.92 bits per heavy atom. The fraction of sp³-hybridized carbons (Fsp3) is 0.500. The fourth-order valence-electron chi connectivity index (χ4n) is 0.720. The molecular formula is C6H9N3O2S. The van der Waals surface area contributed by atoms with Gasteiger partial charge < -0.3 is 0 Å². The molecule has 0 amide bonds. The largest absolute Gasteiger partial charge is 0.320 e. The zero-order chi connectivity index (χ0) is 9.14. The van der Waals surface area contributed by atoms with Crippen molar-refractivity contribution in [2.45, 2.75) is 24.1 Å². The van der Waals surface area contributed by atoms with Crippen molar-refractivity contribution in [3.05, 3.63) is 16.3 Å². The van der Waals surface area contributed by atoms with E-state index in [1.807, 2.05) is 13.8 Å². The molecule has 1 rings (SSSR count). The lowest BCUT2D eigenvalue weighted by Gasteiger charge is -1.99. The van der Waals surface area contributed by atoms with Crippen molar-refractivity contribution in [1.82, 2.24) is 10.2 Å². The number of hydrogen-bond donors (Lipinski definition) is 1. The van der Waals surface area contributed by atoms with Gasteiger partial charge in [0.05, 0.1) is 4.92 Å². The van der Waals surface area contributed by atoms with E-state index < -0.39 is 4.92 Å². The zero-order valence-corrected chi connectivity index (χ0v) is 7.59. The number of thioether (sulfide) groups is 1. The standard InChI is InChI=1S/C6H9N3O2S/c1-4(2)12-6-5(9(10)11)3-7-8-6/h3-4H,1-2H3,(H,7,8). The number of aromatic nitrogens is 2. The predicted molar refractivity (Wildman–Crippen MR) is 46.2 cm³/mol. The highest BCUT2D eigenvalue weighted by Gasteiger charge is 2.16. The summed E-state index contributed by atoms with van der Waals surface area (Å²) in [7, 11) is 0. The Morgan fingerprint density at radius 1 is 1.75 bits per heavy atom. The maximum atomic E-state index is 10.4. The van der Waals surface area contributed by atoms with Crippen molar-refractivity contribution < 1.29 is 4.92 Å². The van der Waals surface area contributed by atoms with Crippen molar-refractivity contribution in [2.75, 3.05) is 0 Å². The van der Waals surface area contributed by atoms with E-state index in [0.29, 0.717) is 10.3 Å². The van der Waals surface area contributed by atoms with Crippen LogP contribution in [0.5, 0.6) is 0 Å². The molecule has 12 heavy (non-hydrogen) atoms. The molecule has 0 radical (unpaired) electrons. The van der Waals surface area contributed by atoms with Gasteiger partial charge in [0, 0.05) is 5.25 Å². The molecule has 1 aromatic heterocycles. The summed E-state index contributed by atoms with van der Waals surface area (Å²) in [6, 6.07) is 0. The lowest BCUT2D eigenvalue weighted by molar-refractivity contribution is -0.387. The summed E-state index contributed by atoms with van der Waals surface area (Å²) in [6.07, 6.45) is 1.23. The number of H-pyrrole nitrogens is 1. The van der Waals surface area contributed by atoms with Crippen LogP contribution in [0.3, 0.4) is 0 Å². The summed E-state index contributed by atoms with van der Waals surface area (Å²) in [5.41, 5.74) is 0.0497. The van der Waals surface area contributed by atoms with Gasteiger partial charge in [0.25, 0.3) is 0 Å². The van der Waals surface area contributed by atoms with Crippen LogP contribution >= 0.6 is 11.8 Å². The first-order valence-corrected chi connectivity index (χ1v) is 4.33. The number of nitrogens with zero attached hydrogens (tertiary/aromatic N) is 2. The summed E-state index contributed by atoms with van der Waals surface area (Å²) in [4.78, 5) is 9.96. The highest BCUT2D eigenvalue weighted by Crippen LogP contribution is 2.28. The summed E-state index contributed by atoms with van der Waals surface area (Å²) >= 11 is 1.40. The lowest BCUT2D eigenvalue weighted by atomic mass is 10.6. The Balaban J connectivity index is 2.84. The Morgan fingerprint density at radius 2 is 2.42 bits per heavy atom. The van der Waals surface area contributed by atoms with Gasteiger partial charge in [-0.05, 0) is 0 Å². The van der Waals surface area contributed by atoms with Gasteiger partial charge >= 0.3 is 5.69 Å². The molecule has 0 fully saturated rings. The second-order valence-electron chi connectivity index (χ2n) is 2.51. The molecule has 1 heterocycles. The average molecular weight is 187 g/mol. The molecule has 1 aromatic rings. The molecule has 6 heteroatoms. The maximum Gasteiger partial charge on any atom is 0.320 e. The molecule has 1 N–H and O–H groups in total. The van der Waals surface area contributed by atoms with Crippen LogP contribution in [0, 0.1) is 10.1 Å². The molecule has 0 aliphatic rings. The van der Waals surface area contributed by atoms with Gasteiger partial charge in [0.15, 0.2) is 5.03 Å². The molecular weight excluding hydrogens is 178 g/mol. The van der Waals surface area contributed by atoms with Crippen molar-refractivity contribution in [3.63, 3.8) is 0 Å². The summed E-state index contributed by atoms with van der Waals surface area (Å²) in [5, 5.41) is 17.4. The SMILES string of the molecule is CC(C)Sc1[nH]ncc1[N+](=O)[O-]. The molecule has 0 aromatic carbocycles. The fourth-order valence-corrected chi connectivity index (χ4v) is 1.55. The van der Waals surface area contributed by atoms with E-state index in [1.165, 1.54) is 18.0 Å². The highest BCUT2D eigenvalue weighted by atomic mass is 32.2. The van der Waals surface area contributed by atoms with Crippen molar-refractivity contribution in [3.8, 4) is 0 Å². The van der Waals surface area contributed by atoms with E-state index in [2.05, 4.69) is 10.2 Å². The van der Waals surface area contributed by atoms with Crippen LogP contribution in [0.1, 0.15) is 13.8 Å². The minimum Gasteiger partial charge on any atom is -0.265 e. The number of hydrogen-bond acceptors (Lipinski definition) is 4. The molecule has 66 valence electrons. The Labute approximate surface area is 73.7 Å². The molecule has 0 bridgehead atoms. The molecule has 5 nitrogen and oxygen atoms in total. The molecule has 0 saturated heterocycles. The quantitative estimate of drug-likeness (QED) is 0.445. The number of nitrogens with one attached hydrogen (secondary N) is 1. The first-order chi connectivity index (χ1) is 5.61. The van der Waals surface area contributed by atoms with E-state index in [4.69, 9.17) is 0 Å². The van der Waals surface area contributed by atoms with Crippen LogP contribution in [-0.2, 0) is 0 Å². The van der Waals surface area contributed by atoms with E-state index >= 15 is 0 Å². The normalized spacial score (nSPS) is 10.6. The molecule has 0 aliphatic carbocycles. The van der Waals surface area contributed by atoms with Gasteiger partial charge in [0.2, 0.25) is 0 Å². The van der Waals surface area contributed by atoms with Crippen LogP contribution in [0.2, 0.25) is 0 Å². The monoisotopic (exact) mass is 187 g/mol. The predicted octanol–water partition coefficient (Wildman–Crippen LogP) is 1.82. The van der Waals surface area contributed by atoms with E-state index in [-0.39, 0.29) is 5.69 Å². The van der Waals surface area contributed by atoms with Crippen LogP contribution < -0.4 is 0 Å². The lowest BCUT2D eigenvalue weighted by Crippen LogP contribution is -1.91. The van der Waals surface area contributed by atoms with Crippen molar-refractivity contribution in [2.24, 2.45) is 0 Å². The van der Waals surface area contributed by atoms with Crippen LogP contribution in [0.25, 0.3) is 0 Å². The Bertz CT molecular complexity index is 284. The topological polar surface area (TPSA) is 71.8 Å². The van der Waals surface area contributed by atoms with Crippen molar-refractivity contribution in [1.29, 1.82) is 0 Å². The van der Waals surface area contributed by atoms with E-state index in [1.54, 1.807) is 0 Å². The maximum absolute atomic E-state index is 10.4. The Hall–Kier alpha value is -1.04. The van der Waals surface area contributed by atoms with Crippen LogP contribution in [0.15, 0.2) is 11.2 Å². The number of aromatic amines is 1. The second-order valence-corrected chi connectivity index (χ2v) is 4.09. The second kappa shape index (κ2) is 3.57. The summed E-state index contributed by atoms with van der Waals surface area (Å²) in [6.45, 7) is 3.93. The van der Waals surface area contributed by atoms with E-state index in [9.17, 15) is 10.1 Å². The number of rotatable bonds is 3. The molecule has 0 aliphatic heterocycles.